The summed E-state index contributed by atoms with van der Waals surface area (Å²) in [6.07, 6.45) is -0.425. The van der Waals surface area contributed by atoms with Crippen LogP contribution >= 0.6 is 0 Å². The Hall–Kier alpha value is -1.50. The lowest BCUT2D eigenvalue weighted by atomic mass is 10.1. The van der Waals surface area contributed by atoms with Crippen LogP contribution in [0.2, 0.25) is 0 Å². The Labute approximate surface area is 133 Å². The molecule has 7 nitrogen and oxygen atoms in total. The number of nitrogens with zero attached hydrogens (tertiary/aromatic N) is 2. The highest BCUT2D eigenvalue weighted by Gasteiger charge is 2.21. The van der Waals surface area contributed by atoms with Crippen LogP contribution in [-0.2, 0) is 9.47 Å². The fourth-order valence-electron chi connectivity index (χ4n) is 1.97. The number of guanidine groups is 1. The van der Waals surface area contributed by atoms with E-state index in [1.807, 2.05) is 39.5 Å². The van der Waals surface area contributed by atoms with Crippen LogP contribution < -0.4 is 11.1 Å². The van der Waals surface area contributed by atoms with Crippen LogP contribution in [0.3, 0.4) is 0 Å². The van der Waals surface area contributed by atoms with Crippen LogP contribution in [0.4, 0.5) is 4.79 Å². The Balaban J connectivity index is 2.54. The number of alkyl carbamates (subject to hydrolysis) is 1. The number of nitrogens with two attached hydrogens (primary N) is 1. The molecule has 1 aliphatic rings. The van der Waals surface area contributed by atoms with Crippen molar-refractivity contribution in [2.45, 2.75) is 46.3 Å². The molecule has 1 rings (SSSR count). The number of hydrogen-bond donors (Lipinski definition) is 2. The molecule has 0 aliphatic carbocycles. The molecular formula is C15H30N4O3. The molecule has 0 aromatic heterocycles. The van der Waals surface area contributed by atoms with E-state index in [9.17, 15) is 4.79 Å². The van der Waals surface area contributed by atoms with Gasteiger partial charge in [-0.05, 0) is 26.7 Å². The Morgan fingerprint density at radius 2 is 1.95 bits per heavy atom. The van der Waals surface area contributed by atoms with E-state index in [4.69, 9.17) is 15.2 Å². The quantitative estimate of drug-likeness (QED) is 0.601. The number of morpholine rings is 1. The van der Waals surface area contributed by atoms with E-state index in [1.54, 1.807) is 0 Å². The number of carbonyl (C=O) groups excluding carboxylic acids is 1. The lowest BCUT2D eigenvalue weighted by molar-refractivity contribution is 0.0492. The predicted octanol–water partition coefficient (Wildman–Crippen LogP) is 1.18. The van der Waals surface area contributed by atoms with Gasteiger partial charge in [-0.3, -0.25) is 4.99 Å². The lowest BCUT2D eigenvalue weighted by Crippen LogP contribution is -2.47. The summed E-state index contributed by atoms with van der Waals surface area (Å²) in [7, 11) is 0. The van der Waals surface area contributed by atoms with E-state index in [2.05, 4.69) is 10.3 Å². The highest BCUT2D eigenvalue weighted by molar-refractivity contribution is 5.78. The van der Waals surface area contributed by atoms with Gasteiger partial charge in [0.2, 0.25) is 0 Å². The highest BCUT2D eigenvalue weighted by atomic mass is 16.6. The molecule has 1 unspecified atom stereocenters. The lowest BCUT2D eigenvalue weighted by Gasteiger charge is -2.28. The maximum absolute atomic E-state index is 11.9. The van der Waals surface area contributed by atoms with Gasteiger partial charge in [-0.1, -0.05) is 13.8 Å². The molecular weight excluding hydrogens is 284 g/mol. The zero-order valence-corrected chi connectivity index (χ0v) is 14.4. The normalized spacial score (nSPS) is 18.3. The van der Waals surface area contributed by atoms with Crippen LogP contribution in [0.15, 0.2) is 4.99 Å². The molecule has 0 radical (unpaired) electrons. The molecule has 3 N–H and O–H groups in total. The monoisotopic (exact) mass is 314 g/mol. The number of aliphatic imine (C=N–C) groups is 1. The third-order valence-corrected chi connectivity index (χ3v) is 3.29. The standard InChI is InChI=1S/C15H30N4O3/c1-11(2)12(18-14(20)22-15(3,4)5)10-17-13(16)19-6-8-21-9-7-19/h11-12H,6-10H2,1-5H3,(H2,16,17)(H,18,20). The number of hydrogen-bond acceptors (Lipinski definition) is 4. The summed E-state index contributed by atoms with van der Waals surface area (Å²) < 4.78 is 10.6. The molecule has 0 aromatic carbocycles. The van der Waals surface area contributed by atoms with Crippen LogP contribution in [0.1, 0.15) is 34.6 Å². The van der Waals surface area contributed by atoms with Crippen molar-refractivity contribution in [2.75, 3.05) is 32.8 Å². The minimum absolute atomic E-state index is 0.116. The van der Waals surface area contributed by atoms with Crippen LogP contribution in [0.25, 0.3) is 0 Å². The first-order valence-electron chi connectivity index (χ1n) is 7.81. The Morgan fingerprint density at radius 3 is 2.45 bits per heavy atom. The van der Waals surface area contributed by atoms with Gasteiger partial charge in [0.1, 0.15) is 5.60 Å². The minimum Gasteiger partial charge on any atom is -0.444 e. The summed E-state index contributed by atoms with van der Waals surface area (Å²) in [6, 6.07) is -0.116. The van der Waals surface area contributed by atoms with Gasteiger partial charge < -0.3 is 25.4 Å². The second-order valence-electron chi connectivity index (χ2n) is 6.80. The van der Waals surface area contributed by atoms with E-state index in [1.165, 1.54) is 0 Å². The van der Waals surface area contributed by atoms with Gasteiger partial charge >= 0.3 is 6.09 Å². The number of nitrogens with one attached hydrogen (secondary N) is 1. The van der Waals surface area contributed by atoms with Crippen molar-refractivity contribution in [3.05, 3.63) is 0 Å². The number of ether oxygens (including phenoxy) is 2. The number of amides is 1. The van der Waals surface area contributed by atoms with Crippen LogP contribution in [0, 0.1) is 5.92 Å². The van der Waals surface area contributed by atoms with E-state index >= 15 is 0 Å². The smallest absolute Gasteiger partial charge is 0.407 e. The average molecular weight is 314 g/mol. The van der Waals surface area contributed by atoms with Gasteiger partial charge in [0.15, 0.2) is 5.96 Å². The van der Waals surface area contributed by atoms with Crippen molar-refractivity contribution in [3.63, 3.8) is 0 Å². The third-order valence-electron chi connectivity index (χ3n) is 3.29. The van der Waals surface area contributed by atoms with Gasteiger partial charge in [-0.2, -0.15) is 0 Å². The summed E-state index contributed by atoms with van der Waals surface area (Å²) in [5.74, 6) is 0.730. The molecule has 7 heteroatoms. The molecule has 1 aliphatic heterocycles. The highest BCUT2D eigenvalue weighted by Crippen LogP contribution is 2.09. The number of rotatable bonds is 4. The van der Waals surface area contributed by atoms with Crippen molar-refractivity contribution in [1.29, 1.82) is 0 Å². The summed E-state index contributed by atoms with van der Waals surface area (Å²) in [5, 5.41) is 2.86. The zero-order valence-electron chi connectivity index (χ0n) is 14.4. The molecule has 0 aromatic rings. The summed E-state index contributed by atoms with van der Waals surface area (Å²) in [5.41, 5.74) is 5.49. The second-order valence-corrected chi connectivity index (χ2v) is 6.80. The largest absolute Gasteiger partial charge is 0.444 e. The Morgan fingerprint density at radius 1 is 1.36 bits per heavy atom. The van der Waals surface area contributed by atoms with Crippen LogP contribution in [0.5, 0.6) is 0 Å². The zero-order chi connectivity index (χ0) is 16.8. The maximum atomic E-state index is 11.9. The first-order valence-corrected chi connectivity index (χ1v) is 7.81. The molecule has 0 saturated carbocycles. The fraction of sp³-hybridized carbons (Fsp3) is 0.867. The predicted molar refractivity (Wildman–Crippen MR) is 86.9 cm³/mol. The average Bonchev–Trinajstić information content (AvgIpc) is 2.41. The van der Waals surface area contributed by atoms with E-state index in [-0.39, 0.29) is 12.0 Å². The molecule has 0 spiro atoms. The van der Waals surface area contributed by atoms with Crippen molar-refractivity contribution >= 4 is 12.1 Å². The maximum Gasteiger partial charge on any atom is 0.407 e. The van der Waals surface area contributed by atoms with Crippen molar-refractivity contribution in [1.82, 2.24) is 10.2 Å². The minimum atomic E-state index is -0.512. The summed E-state index contributed by atoms with van der Waals surface area (Å²) in [6.45, 7) is 12.8. The molecule has 22 heavy (non-hydrogen) atoms. The van der Waals surface area contributed by atoms with Crippen molar-refractivity contribution in [2.24, 2.45) is 16.6 Å². The summed E-state index contributed by atoms with van der Waals surface area (Å²) in [4.78, 5) is 18.3. The Kier molecular flexibility index (Phi) is 6.93. The second kappa shape index (κ2) is 8.22. The van der Waals surface area contributed by atoms with Gasteiger partial charge in [0.25, 0.3) is 0 Å². The van der Waals surface area contributed by atoms with Gasteiger partial charge in [-0.15, -0.1) is 0 Å². The molecule has 1 heterocycles. The first-order chi connectivity index (χ1) is 10.2. The SMILES string of the molecule is CC(C)C(CN=C(N)N1CCOCC1)NC(=O)OC(C)(C)C. The van der Waals surface area contributed by atoms with Crippen molar-refractivity contribution < 1.29 is 14.3 Å². The molecule has 1 fully saturated rings. The van der Waals surface area contributed by atoms with E-state index in [0.717, 1.165) is 13.1 Å². The first kappa shape index (κ1) is 18.5. The van der Waals surface area contributed by atoms with Crippen molar-refractivity contribution in [3.8, 4) is 0 Å². The number of carbonyl (C=O) groups is 1. The molecule has 1 atom stereocenters. The van der Waals surface area contributed by atoms with E-state index in [0.29, 0.717) is 25.7 Å². The summed E-state index contributed by atoms with van der Waals surface area (Å²) >= 11 is 0. The molecule has 1 saturated heterocycles. The molecule has 128 valence electrons. The van der Waals surface area contributed by atoms with Crippen LogP contribution in [-0.4, -0.2) is 61.4 Å². The molecule has 0 bridgehead atoms. The van der Waals surface area contributed by atoms with E-state index < -0.39 is 11.7 Å². The topological polar surface area (TPSA) is 89.2 Å². The third kappa shape index (κ3) is 6.98. The van der Waals surface area contributed by atoms with Gasteiger partial charge in [0, 0.05) is 13.1 Å². The fourth-order valence-corrected chi connectivity index (χ4v) is 1.97. The molecule has 1 amide bonds. The Bertz CT molecular complexity index is 385. The van der Waals surface area contributed by atoms with Gasteiger partial charge in [-0.25, -0.2) is 4.79 Å². The van der Waals surface area contributed by atoms with Gasteiger partial charge in [0.05, 0.1) is 25.8 Å².